The molecule has 2 rings (SSSR count). The van der Waals surface area contributed by atoms with Gasteiger partial charge in [0.1, 0.15) is 5.82 Å². The van der Waals surface area contributed by atoms with Crippen molar-refractivity contribution in [2.75, 3.05) is 17.7 Å². The largest absolute Gasteiger partial charge is 0.474 e. The number of alkyl halides is 1. The molecule has 1 aromatic rings. The van der Waals surface area contributed by atoms with Crippen LogP contribution in [-0.4, -0.2) is 28.5 Å². The Morgan fingerprint density at radius 2 is 2.16 bits per heavy atom. The summed E-state index contributed by atoms with van der Waals surface area (Å²) in [4.78, 5) is 8.54. The Balaban J connectivity index is 1.88. The summed E-state index contributed by atoms with van der Waals surface area (Å²) in [6.45, 7) is 4.87. The maximum Gasteiger partial charge on any atom is 0.234 e. The van der Waals surface area contributed by atoms with Gasteiger partial charge in [-0.3, -0.25) is 4.98 Å². The molecule has 2 unspecified atom stereocenters. The Morgan fingerprint density at radius 3 is 2.89 bits per heavy atom. The SMILES string of the molecule is CC(C)Oc1cncc(NCC2CCCC2CCl)n1. The van der Waals surface area contributed by atoms with Crippen LogP contribution in [0.1, 0.15) is 33.1 Å². The van der Waals surface area contributed by atoms with Crippen LogP contribution < -0.4 is 10.1 Å². The standard InChI is InChI=1S/C14H22ClN3O/c1-10(2)19-14-9-16-8-13(18-14)17-7-12-5-3-4-11(12)6-15/h8-12H,3-7H2,1-2H3,(H,17,18). The summed E-state index contributed by atoms with van der Waals surface area (Å²) in [6.07, 6.45) is 7.27. The van der Waals surface area contributed by atoms with Crippen molar-refractivity contribution in [2.45, 2.75) is 39.2 Å². The zero-order valence-electron chi connectivity index (χ0n) is 11.6. The topological polar surface area (TPSA) is 47.0 Å². The average molecular weight is 284 g/mol. The Kier molecular flexibility index (Phi) is 5.25. The van der Waals surface area contributed by atoms with E-state index in [-0.39, 0.29) is 6.10 Å². The lowest BCUT2D eigenvalue weighted by atomic mass is 9.98. The summed E-state index contributed by atoms with van der Waals surface area (Å²) in [5.74, 6) is 3.39. The highest BCUT2D eigenvalue weighted by atomic mass is 35.5. The van der Waals surface area contributed by atoms with Crippen molar-refractivity contribution in [3.8, 4) is 5.88 Å². The number of hydrogen-bond donors (Lipinski definition) is 1. The highest BCUT2D eigenvalue weighted by Crippen LogP contribution is 2.32. The molecule has 0 amide bonds. The van der Waals surface area contributed by atoms with Gasteiger partial charge in [-0.15, -0.1) is 11.6 Å². The first-order chi connectivity index (χ1) is 9.19. The maximum atomic E-state index is 5.99. The lowest BCUT2D eigenvalue weighted by Gasteiger charge is -2.18. The summed E-state index contributed by atoms with van der Waals surface area (Å²) in [7, 11) is 0. The van der Waals surface area contributed by atoms with E-state index in [1.807, 2.05) is 13.8 Å². The average Bonchev–Trinajstić information content (AvgIpc) is 2.83. The van der Waals surface area contributed by atoms with Crippen LogP contribution in [0.25, 0.3) is 0 Å². The Hall–Kier alpha value is -1.03. The molecular formula is C14H22ClN3O. The van der Waals surface area contributed by atoms with Crippen LogP contribution in [-0.2, 0) is 0 Å². The van der Waals surface area contributed by atoms with Gasteiger partial charge in [0, 0.05) is 12.4 Å². The fourth-order valence-corrected chi connectivity index (χ4v) is 2.96. The molecule has 1 aromatic heterocycles. The zero-order chi connectivity index (χ0) is 13.7. The number of hydrogen-bond acceptors (Lipinski definition) is 4. The molecule has 1 aliphatic carbocycles. The number of nitrogens with one attached hydrogen (secondary N) is 1. The van der Waals surface area contributed by atoms with E-state index in [0.717, 1.165) is 18.2 Å². The first-order valence-corrected chi connectivity index (χ1v) is 7.51. The molecule has 1 heterocycles. The van der Waals surface area contributed by atoms with Crippen molar-refractivity contribution in [3.05, 3.63) is 12.4 Å². The zero-order valence-corrected chi connectivity index (χ0v) is 12.4. The first kappa shape index (κ1) is 14.4. The summed E-state index contributed by atoms with van der Waals surface area (Å²) >= 11 is 5.99. The minimum absolute atomic E-state index is 0.111. The fraction of sp³-hybridized carbons (Fsp3) is 0.714. The molecule has 1 fully saturated rings. The van der Waals surface area contributed by atoms with Crippen molar-refractivity contribution >= 4 is 17.4 Å². The Bertz CT molecular complexity index is 400. The monoisotopic (exact) mass is 283 g/mol. The highest BCUT2D eigenvalue weighted by Gasteiger charge is 2.26. The van der Waals surface area contributed by atoms with E-state index in [0.29, 0.717) is 17.7 Å². The third kappa shape index (κ3) is 4.23. The van der Waals surface area contributed by atoms with Crippen LogP contribution >= 0.6 is 11.6 Å². The van der Waals surface area contributed by atoms with Gasteiger partial charge in [-0.1, -0.05) is 6.42 Å². The van der Waals surface area contributed by atoms with Crippen LogP contribution in [0.5, 0.6) is 5.88 Å². The van der Waals surface area contributed by atoms with E-state index >= 15 is 0 Å². The molecule has 106 valence electrons. The number of aromatic nitrogens is 2. The van der Waals surface area contributed by atoms with E-state index in [1.165, 1.54) is 19.3 Å². The Morgan fingerprint density at radius 1 is 1.37 bits per heavy atom. The predicted molar refractivity (Wildman–Crippen MR) is 77.8 cm³/mol. The molecule has 0 radical (unpaired) electrons. The third-order valence-corrected chi connectivity index (χ3v) is 3.93. The summed E-state index contributed by atoms with van der Waals surface area (Å²) < 4.78 is 5.53. The van der Waals surface area contributed by atoms with Gasteiger partial charge in [-0.25, -0.2) is 0 Å². The number of rotatable bonds is 6. The summed E-state index contributed by atoms with van der Waals surface area (Å²) in [5, 5.41) is 3.35. The molecule has 4 nitrogen and oxygen atoms in total. The minimum atomic E-state index is 0.111. The van der Waals surface area contributed by atoms with Crippen LogP contribution in [0, 0.1) is 11.8 Å². The van der Waals surface area contributed by atoms with E-state index in [4.69, 9.17) is 16.3 Å². The fourth-order valence-electron chi connectivity index (χ4n) is 2.55. The molecule has 0 aromatic carbocycles. The van der Waals surface area contributed by atoms with E-state index in [2.05, 4.69) is 15.3 Å². The van der Waals surface area contributed by atoms with Gasteiger partial charge in [0.15, 0.2) is 0 Å². The second-order valence-corrected chi connectivity index (χ2v) is 5.70. The van der Waals surface area contributed by atoms with Gasteiger partial charge in [0.2, 0.25) is 5.88 Å². The number of ether oxygens (including phenoxy) is 1. The van der Waals surface area contributed by atoms with E-state index in [9.17, 15) is 0 Å². The maximum absolute atomic E-state index is 5.99. The van der Waals surface area contributed by atoms with Crippen molar-refractivity contribution in [1.82, 2.24) is 9.97 Å². The smallest absolute Gasteiger partial charge is 0.234 e. The lowest BCUT2D eigenvalue weighted by molar-refractivity contribution is 0.232. The molecule has 0 saturated heterocycles. The lowest BCUT2D eigenvalue weighted by Crippen LogP contribution is -2.20. The summed E-state index contributed by atoms with van der Waals surface area (Å²) in [6, 6.07) is 0. The molecule has 19 heavy (non-hydrogen) atoms. The second kappa shape index (κ2) is 6.94. The predicted octanol–water partition coefficient (Wildman–Crippen LogP) is 3.33. The van der Waals surface area contributed by atoms with Gasteiger partial charge in [0.05, 0.1) is 18.5 Å². The Labute approximate surface area is 119 Å². The quantitative estimate of drug-likeness (QED) is 0.814. The molecule has 1 N–H and O–H groups in total. The van der Waals surface area contributed by atoms with E-state index < -0.39 is 0 Å². The molecule has 5 heteroatoms. The number of anilines is 1. The second-order valence-electron chi connectivity index (χ2n) is 5.40. The highest BCUT2D eigenvalue weighted by molar-refractivity contribution is 6.18. The van der Waals surface area contributed by atoms with Crippen LogP contribution in [0.4, 0.5) is 5.82 Å². The van der Waals surface area contributed by atoms with Gasteiger partial charge >= 0.3 is 0 Å². The van der Waals surface area contributed by atoms with Crippen molar-refractivity contribution in [1.29, 1.82) is 0 Å². The van der Waals surface area contributed by atoms with Gasteiger partial charge in [-0.05, 0) is 38.5 Å². The van der Waals surface area contributed by atoms with Crippen LogP contribution in [0.2, 0.25) is 0 Å². The first-order valence-electron chi connectivity index (χ1n) is 6.97. The van der Waals surface area contributed by atoms with Gasteiger partial charge in [0.25, 0.3) is 0 Å². The third-order valence-electron chi connectivity index (χ3n) is 3.53. The molecule has 0 bridgehead atoms. The molecular weight excluding hydrogens is 262 g/mol. The van der Waals surface area contributed by atoms with Gasteiger partial charge in [-0.2, -0.15) is 4.98 Å². The number of nitrogens with zero attached hydrogens (tertiary/aromatic N) is 2. The molecule has 0 spiro atoms. The van der Waals surface area contributed by atoms with Crippen molar-refractivity contribution in [2.24, 2.45) is 11.8 Å². The van der Waals surface area contributed by atoms with Gasteiger partial charge < -0.3 is 10.1 Å². The molecule has 1 aliphatic rings. The van der Waals surface area contributed by atoms with Crippen molar-refractivity contribution in [3.63, 3.8) is 0 Å². The van der Waals surface area contributed by atoms with Crippen LogP contribution in [0.15, 0.2) is 12.4 Å². The van der Waals surface area contributed by atoms with Crippen LogP contribution in [0.3, 0.4) is 0 Å². The molecule has 0 aliphatic heterocycles. The normalized spacial score (nSPS) is 22.7. The van der Waals surface area contributed by atoms with Crippen molar-refractivity contribution < 1.29 is 4.74 Å². The number of halogens is 1. The molecule has 2 atom stereocenters. The molecule has 1 saturated carbocycles. The minimum Gasteiger partial charge on any atom is -0.474 e. The van der Waals surface area contributed by atoms with E-state index in [1.54, 1.807) is 12.4 Å². The summed E-state index contributed by atoms with van der Waals surface area (Å²) in [5.41, 5.74) is 0.